The third-order valence-electron chi connectivity index (χ3n) is 3.98. The molecule has 0 radical (unpaired) electrons. The average Bonchev–Trinajstić information content (AvgIpc) is 2.55. The van der Waals surface area contributed by atoms with Crippen LogP contribution in [0.2, 0.25) is 0 Å². The predicted octanol–water partition coefficient (Wildman–Crippen LogP) is 2.89. The highest BCUT2D eigenvalue weighted by molar-refractivity contribution is 5.98. The minimum absolute atomic E-state index is 0.0307. The zero-order valence-electron chi connectivity index (χ0n) is 12.8. The Bertz CT molecular complexity index is 554. The van der Waals surface area contributed by atoms with Gasteiger partial charge < -0.3 is 14.8 Å². The molecule has 1 N–H and O–H groups in total. The highest BCUT2D eigenvalue weighted by Crippen LogP contribution is 2.30. The van der Waals surface area contributed by atoms with Crippen molar-refractivity contribution < 1.29 is 27.8 Å². The summed E-state index contributed by atoms with van der Waals surface area (Å²) in [4.78, 5) is 24.5. The fraction of sp³-hybridized carbons (Fsp3) is 0.500. The van der Waals surface area contributed by atoms with Crippen LogP contribution in [-0.2, 0) is 9.53 Å². The van der Waals surface area contributed by atoms with Gasteiger partial charge in [-0.3, -0.25) is 4.79 Å². The number of amides is 1. The first-order valence-electron chi connectivity index (χ1n) is 7.43. The molecule has 0 unspecified atom stereocenters. The summed E-state index contributed by atoms with van der Waals surface area (Å²) in [5, 5.41) is 2.76. The zero-order chi connectivity index (χ0) is 16.9. The van der Waals surface area contributed by atoms with Gasteiger partial charge in [0.05, 0.1) is 7.11 Å². The molecule has 126 valence electrons. The van der Waals surface area contributed by atoms with Crippen LogP contribution in [0.4, 0.5) is 8.78 Å². The molecule has 1 aromatic carbocycles. The van der Waals surface area contributed by atoms with Crippen molar-refractivity contribution in [3.63, 3.8) is 0 Å². The van der Waals surface area contributed by atoms with E-state index in [-0.39, 0.29) is 11.3 Å². The third kappa shape index (κ3) is 4.18. The number of benzene rings is 1. The number of carbonyl (C=O) groups excluding carboxylic acids is 2. The average molecular weight is 327 g/mol. The SMILES string of the molecule is COC(=O)C1(NC(=O)c2ccc(OC(F)F)cc2)CCCCC1. The van der Waals surface area contributed by atoms with E-state index >= 15 is 0 Å². The first-order valence-corrected chi connectivity index (χ1v) is 7.43. The lowest BCUT2D eigenvalue weighted by molar-refractivity contribution is -0.149. The number of alkyl halides is 2. The van der Waals surface area contributed by atoms with Crippen LogP contribution in [0, 0.1) is 0 Å². The van der Waals surface area contributed by atoms with Gasteiger partial charge in [-0.15, -0.1) is 0 Å². The Morgan fingerprint density at radius 2 is 1.74 bits per heavy atom. The largest absolute Gasteiger partial charge is 0.467 e. The van der Waals surface area contributed by atoms with E-state index in [1.807, 2.05) is 0 Å². The standard InChI is InChI=1S/C16H19F2NO4/c1-22-14(21)16(9-3-2-4-10-16)19-13(20)11-5-7-12(8-6-11)23-15(17)18/h5-8,15H,2-4,9-10H2,1H3,(H,19,20). The number of halogens is 2. The first kappa shape index (κ1) is 17.2. The van der Waals surface area contributed by atoms with E-state index in [0.717, 1.165) is 19.3 Å². The summed E-state index contributed by atoms with van der Waals surface area (Å²) in [5.41, 5.74) is -0.747. The number of esters is 1. The number of nitrogens with one attached hydrogen (secondary N) is 1. The van der Waals surface area contributed by atoms with Gasteiger partial charge in [0, 0.05) is 5.56 Å². The molecule has 1 amide bonds. The monoisotopic (exact) mass is 327 g/mol. The summed E-state index contributed by atoms with van der Waals surface area (Å²) < 4.78 is 33.3. The van der Waals surface area contributed by atoms with Gasteiger partial charge in [0.15, 0.2) is 0 Å². The van der Waals surface area contributed by atoms with E-state index in [9.17, 15) is 18.4 Å². The van der Waals surface area contributed by atoms with Crippen LogP contribution in [-0.4, -0.2) is 31.1 Å². The highest BCUT2D eigenvalue weighted by Gasteiger charge is 2.42. The lowest BCUT2D eigenvalue weighted by atomic mass is 9.81. The molecule has 0 saturated heterocycles. The van der Waals surface area contributed by atoms with Crippen LogP contribution in [0.5, 0.6) is 5.75 Å². The third-order valence-corrected chi connectivity index (χ3v) is 3.98. The number of hydrogen-bond acceptors (Lipinski definition) is 4. The van der Waals surface area contributed by atoms with Gasteiger partial charge in [-0.2, -0.15) is 8.78 Å². The van der Waals surface area contributed by atoms with E-state index in [2.05, 4.69) is 10.1 Å². The van der Waals surface area contributed by atoms with Crippen molar-refractivity contribution in [2.45, 2.75) is 44.3 Å². The lowest BCUT2D eigenvalue weighted by Gasteiger charge is -2.35. The zero-order valence-corrected chi connectivity index (χ0v) is 12.8. The van der Waals surface area contributed by atoms with E-state index in [0.29, 0.717) is 12.8 Å². The molecule has 1 fully saturated rings. The first-order chi connectivity index (χ1) is 11.0. The molecule has 1 aliphatic rings. The van der Waals surface area contributed by atoms with Crippen molar-refractivity contribution in [3.05, 3.63) is 29.8 Å². The summed E-state index contributed by atoms with van der Waals surface area (Å²) in [6.07, 6.45) is 3.72. The van der Waals surface area contributed by atoms with Crippen LogP contribution in [0.15, 0.2) is 24.3 Å². The molecule has 23 heavy (non-hydrogen) atoms. The second kappa shape index (κ2) is 7.39. The molecule has 0 spiro atoms. The van der Waals surface area contributed by atoms with E-state index < -0.39 is 24.0 Å². The fourth-order valence-electron chi connectivity index (χ4n) is 2.81. The highest BCUT2D eigenvalue weighted by atomic mass is 19.3. The van der Waals surface area contributed by atoms with Crippen molar-refractivity contribution >= 4 is 11.9 Å². The number of carbonyl (C=O) groups is 2. The van der Waals surface area contributed by atoms with Gasteiger partial charge in [0.2, 0.25) is 0 Å². The van der Waals surface area contributed by atoms with Crippen LogP contribution >= 0.6 is 0 Å². The Morgan fingerprint density at radius 1 is 1.13 bits per heavy atom. The van der Waals surface area contributed by atoms with E-state index in [4.69, 9.17) is 4.74 Å². The number of methoxy groups -OCH3 is 1. The Morgan fingerprint density at radius 3 is 2.26 bits per heavy atom. The summed E-state index contributed by atoms with van der Waals surface area (Å²) in [6.45, 7) is -2.92. The molecule has 1 saturated carbocycles. The Labute approximate surface area is 133 Å². The molecule has 0 aliphatic heterocycles. The van der Waals surface area contributed by atoms with Crippen LogP contribution in [0.1, 0.15) is 42.5 Å². The maximum Gasteiger partial charge on any atom is 0.387 e. The summed E-state index contributed by atoms with van der Waals surface area (Å²) in [5.74, 6) is -0.930. The van der Waals surface area contributed by atoms with Crippen molar-refractivity contribution in [3.8, 4) is 5.75 Å². The number of hydrogen-bond donors (Lipinski definition) is 1. The number of ether oxygens (including phenoxy) is 2. The minimum Gasteiger partial charge on any atom is -0.467 e. The quantitative estimate of drug-likeness (QED) is 0.845. The predicted molar refractivity (Wildman–Crippen MR) is 78.4 cm³/mol. The van der Waals surface area contributed by atoms with Gasteiger partial charge in [0.25, 0.3) is 5.91 Å². The Balaban J connectivity index is 2.10. The van der Waals surface area contributed by atoms with Gasteiger partial charge in [0.1, 0.15) is 11.3 Å². The van der Waals surface area contributed by atoms with Crippen LogP contribution < -0.4 is 10.1 Å². The molecule has 7 heteroatoms. The van der Waals surface area contributed by atoms with Crippen molar-refractivity contribution in [1.82, 2.24) is 5.32 Å². The molecule has 1 aromatic rings. The second-order valence-electron chi connectivity index (χ2n) is 5.49. The number of rotatable bonds is 5. The maximum atomic E-state index is 12.4. The van der Waals surface area contributed by atoms with Gasteiger partial charge in [-0.25, -0.2) is 4.79 Å². The van der Waals surface area contributed by atoms with E-state index in [1.54, 1.807) is 0 Å². The fourth-order valence-corrected chi connectivity index (χ4v) is 2.81. The summed E-state index contributed by atoms with van der Waals surface area (Å²) in [6, 6.07) is 5.32. The minimum atomic E-state index is -2.92. The van der Waals surface area contributed by atoms with Gasteiger partial charge in [-0.05, 0) is 37.1 Å². The molecule has 0 bridgehead atoms. The summed E-state index contributed by atoms with van der Waals surface area (Å²) in [7, 11) is 1.29. The van der Waals surface area contributed by atoms with Crippen molar-refractivity contribution in [1.29, 1.82) is 0 Å². The molecule has 2 rings (SSSR count). The topological polar surface area (TPSA) is 64.6 Å². The normalized spacial score (nSPS) is 16.7. The van der Waals surface area contributed by atoms with Crippen molar-refractivity contribution in [2.75, 3.05) is 7.11 Å². The lowest BCUT2D eigenvalue weighted by Crippen LogP contribution is -2.56. The molecular formula is C16H19F2NO4. The maximum absolute atomic E-state index is 12.4. The molecule has 0 aromatic heterocycles. The smallest absolute Gasteiger partial charge is 0.387 e. The van der Waals surface area contributed by atoms with Crippen LogP contribution in [0.3, 0.4) is 0 Å². The Kier molecular flexibility index (Phi) is 5.52. The molecular weight excluding hydrogens is 308 g/mol. The molecule has 1 aliphatic carbocycles. The summed E-state index contributed by atoms with van der Waals surface area (Å²) >= 11 is 0. The second-order valence-corrected chi connectivity index (χ2v) is 5.49. The molecule has 0 heterocycles. The van der Waals surface area contributed by atoms with Gasteiger partial charge >= 0.3 is 12.6 Å². The Hall–Kier alpha value is -2.18. The van der Waals surface area contributed by atoms with Crippen molar-refractivity contribution in [2.24, 2.45) is 0 Å². The van der Waals surface area contributed by atoms with Gasteiger partial charge in [-0.1, -0.05) is 19.3 Å². The van der Waals surface area contributed by atoms with E-state index in [1.165, 1.54) is 31.4 Å². The van der Waals surface area contributed by atoms with Crippen LogP contribution in [0.25, 0.3) is 0 Å². The molecule has 5 nitrogen and oxygen atoms in total. The molecule has 0 atom stereocenters.